The van der Waals surface area contributed by atoms with E-state index in [1.807, 2.05) is 43.7 Å². The molecule has 6 aliphatic heterocycles. The summed E-state index contributed by atoms with van der Waals surface area (Å²) >= 11 is 0. The number of hydrogen-bond acceptors (Lipinski definition) is 12. The molecule has 10 rings (SSSR count). The monoisotopic (exact) mass is 988 g/mol. The Labute approximate surface area is 421 Å². The highest BCUT2D eigenvalue weighted by atomic mass is 16.5. The normalized spacial score (nSPS) is 28.5. The summed E-state index contributed by atoms with van der Waals surface area (Å²) in [4.78, 5) is 72.1. The van der Waals surface area contributed by atoms with E-state index >= 15 is 0 Å². The molecule has 0 radical (unpaired) electrons. The molecule has 4 fully saturated rings. The maximum atomic E-state index is 14.8. The molecule has 0 spiro atoms. The minimum absolute atomic E-state index is 0.0341. The number of hydrogen-bond donors (Lipinski definition) is 3. The molecule has 3 N–H and O–H groups in total. The number of fused-ring (bicyclic) bond motifs is 6. The first-order chi connectivity index (χ1) is 34.7. The Bertz CT molecular complexity index is 2740. The van der Waals surface area contributed by atoms with Crippen LogP contribution in [0.3, 0.4) is 0 Å². The first-order valence-electron chi connectivity index (χ1n) is 25.8. The van der Waals surface area contributed by atoms with Crippen molar-refractivity contribution in [3.8, 4) is 28.1 Å². The number of imidazole rings is 1. The number of alkyl carbamates (subject to hydrolysis) is 2. The van der Waals surface area contributed by atoms with Gasteiger partial charge in [-0.25, -0.2) is 14.6 Å². The average Bonchev–Trinajstić information content (AvgIpc) is 4.19. The first kappa shape index (κ1) is 49.5. The van der Waals surface area contributed by atoms with Crippen molar-refractivity contribution in [1.82, 2.24) is 30.4 Å². The number of nitrogens with zero attached hydrogens (tertiary/aromatic N) is 4. The number of methoxy groups -OCH3 is 3. The lowest BCUT2D eigenvalue weighted by molar-refractivity contribution is -0.140. The lowest BCUT2D eigenvalue weighted by atomic mass is 9.85. The third-order valence-electron chi connectivity index (χ3n) is 16.1. The molecule has 17 nitrogen and oxygen atoms in total. The van der Waals surface area contributed by atoms with Crippen molar-refractivity contribution < 1.29 is 47.6 Å². The summed E-state index contributed by atoms with van der Waals surface area (Å²) in [6.07, 6.45) is 5.86. The van der Waals surface area contributed by atoms with Crippen molar-refractivity contribution in [2.75, 3.05) is 34.5 Å². The van der Waals surface area contributed by atoms with Gasteiger partial charge in [0.2, 0.25) is 11.8 Å². The maximum Gasteiger partial charge on any atom is 0.407 e. The van der Waals surface area contributed by atoms with Gasteiger partial charge >= 0.3 is 12.2 Å². The van der Waals surface area contributed by atoms with Gasteiger partial charge in [-0.05, 0) is 149 Å². The van der Waals surface area contributed by atoms with E-state index in [1.165, 1.54) is 14.2 Å². The van der Waals surface area contributed by atoms with Crippen LogP contribution in [0.5, 0.6) is 5.75 Å². The standard InChI is InChI=1S/C55H69N7O10/c1-28-9-14-46(62(28)53(64)50(60-55(66)69-8)37-17-31(4)72-32(5)18-37)51-56-24-45(58-51)35-10-12-39-38(20-35)27-70-48-23-40-34(21-42(39)48)11-13-43-41(40)22-44(57-43)47-19-33(26-67-6)25-61(47)52(63)49(59-54(65)68-7)36-15-29(2)71-30(3)16-36/h10-13,20-21,23-24,28-33,36-37,46-47,49-50H,9,14-19,22,25-27H2,1-8H3,(H,56,58)(H,59,65)(H,60,66)/t28-,29+,30+,31+,32+,33-,46-,47?,49-,50-/m0/s1. The van der Waals surface area contributed by atoms with E-state index in [2.05, 4.69) is 65.0 Å². The van der Waals surface area contributed by atoms with Crippen molar-refractivity contribution in [1.29, 1.82) is 0 Å². The molecule has 1 aromatic heterocycles. The van der Waals surface area contributed by atoms with Crippen LogP contribution in [-0.2, 0) is 46.3 Å². The number of aromatic amines is 1. The predicted octanol–water partition coefficient (Wildman–Crippen LogP) is 8.19. The molecule has 6 aliphatic rings. The number of rotatable bonds is 11. The minimum Gasteiger partial charge on any atom is -0.488 e. The quantitative estimate of drug-likeness (QED) is 0.131. The molecule has 72 heavy (non-hydrogen) atoms. The molecule has 4 aromatic rings. The van der Waals surface area contributed by atoms with Gasteiger partial charge in [-0.15, -0.1) is 0 Å². The highest BCUT2D eigenvalue weighted by Crippen LogP contribution is 2.46. The molecule has 384 valence electrons. The Balaban J connectivity index is 0.873. The van der Waals surface area contributed by atoms with E-state index in [0.717, 1.165) is 74.3 Å². The summed E-state index contributed by atoms with van der Waals surface area (Å²) < 4.78 is 34.2. The van der Waals surface area contributed by atoms with Crippen molar-refractivity contribution in [2.45, 2.75) is 147 Å². The van der Waals surface area contributed by atoms with Gasteiger partial charge in [0.1, 0.15) is 30.3 Å². The molecule has 4 saturated heterocycles. The zero-order valence-corrected chi connectivity index (χ0v) is 42.7. The summed E-state index contributed by atoms with van der Waals surface area (Å²) in [5.74, 6) is 1.14. The van der Waals surface area contributed by atoms with Crippen LogP contribution in [0, 0.1) is 17.8 Å². The zero-order valence-electron chi connectivity index (χ0n) is 42.7. The number of aliphatic imine (C=N–C) groups is 1. The zero-order chi connectivity index (χ0) is 50.5. The van der Waals surface area contributed by atoms with Crippen LogP contribution >= 0.6 is 0 Å². The number of aromatic nitrogens is 2. The van der Waals surface area contributed by atoms with Crippen LogP contribution in [0.1, 0.15) is 103 Å². The van der Waals surface area contributed by atoms with Crippen LogP contribution in [0.4, 0.5) is 15.3 Å². The van der Waals surface area contributed by atoms with Gasteiger partial charge in [-0.3, -0.25) is 14.6 Å². The van der Waals surface area contributed by atoms with Crippen LogP contribution in [0.25, 0.3) is 33.2 Å². The van der Waals surface area contributed by atoms with Crippen LogP contribution in [0.2, 0.25) is 0 Å². The van der Waals surface area contributed by atoms with E-state index in [9.17, 15) is 19.2 Å². The summed E-state index contributed by atoms with van der Waals surface area (Å²) in [7, 11) is 4.32. The van der Waals surface area contributed by atoms with Crippen molar-refractivity contribution in [3.05, 3.63) is 65.6 Å². The van der Waals surface area contributed by atoms with E-state index in [1.54, 1.807) is 7.11 Å². The summed E-state index contributed by atoms with van der Waals surface area (Å²) in [6, 6.07) is 12.8. The topological polar surface area (TPSA) is 195 Å². The van der Waals surface area contributed by atoms with Gasteiger partial charge in [-0.1, -0.05) is 18.2 Å². The molecule has 4 amide bonds. The summed E-state index contributed by atoms with van der Waals surface area (Å²) in [5.41, 5.74) is 7.85. The largest absolute Gasteiger partial charge is 0.488 e. The molecule has 10 atom stereocenters. The average molecular weight is 988 g/mol. The Hall–Kier alpha value is -6.04. The number of benzene rings is 3. The van der Waals surface area contributed by atoms with Crippen LogP contribution < -0.4 is 15.4 Å². The maximum absolute atomic E-state index is 14.8. The summed E-state index contributed by atoms with van der Waals surface area (Å²) in [6.45, 7) is 11.5. The molecule has 3 aromatic carbocycles. The molecular weight excluding hydrogens is 919 g/mol. The number of carbonyl (C=O) groups is 4. The molecule has 17 heteroatoms. The van der Waals surface area contributed by atoms with Gasteiger partial charge in [0, 0.05) is 43.3 Å². The van der Waals surface area contributed by atoms with Crippen LogP contribution in [0.15, 0.2) is 53.7 Å². The highest BCUT2D eigenvalue weighted by Gasteiger charge is 2.47. The van der Waals surface area contributed by atoms with Crippen molar-refractivity contribution >= 4 is 46.2 Å². The Morgan fingerprint density at radius 1 is 0.778 bits per heavy atom. The van der Waals surface area contributed by atoms with E-state index < -0.39 is 24.3 Å². The summed E-state index contributed by atoms with van der Waals surface area (Å²) in [5, 5.41) is 7.93. The molecule has 7 heterocycles. The third kappa shape index (κ3) is 9.67. The number of ether oxygens (including phenoxy) is 6. The van der Waals surface area contributed by atoms with Gasteiger partial charge < -0.3 is 53.8 Å². The predicted molar refractivity (Wildman–Crippen MR) is 270 cm³/mol. The number of amides is 4. The fraction of sp³-hybridized carbons (Fsp3) is 0.564. The second-order valence-corrected chi connectivity index (χ2v) is 21.2. The van der Waals surface area contributed by atoms with E-state index in [4.69, 9.17) is 38.4 Å². The number of H-pyrrole nitrogens is 1. The molecular formula is C55H69N7O10. The van der Waals surface area contributed by atoms with Gasteiger partial charge in [0.25, 0.3) is 0 Å². The van der Waals surface area contributed by atoms with E-state index in [0.29, 0.717) is 64.1 Å². The minimum atomic E-state index is -0.767. The lowest BCUT2D eigenvalue weighted by Crippen LogP contribution is -2.56. The van der Waals surface area contributed by atoms with Crippen molar-refractivity contribution in [3.63, 3.8) is 0 Å². The second kappa shape index (κ2) is 20.5. The van der Waals surface area contributed by atoms with Gasteiger partial charge in [0.15, 0.2) is 0 Å². The highest BCUT2D eigenvalue weighted by molar-refractivity contribution is 6.06. The SMILES string of the molecule is COC[C@H]1CC(C2=Nc3ccc4cc5c(cc4c3C2)OCc2cc(-c3cnc([C@@H]4CC[C@H](C)N4C(=O)[C@@H](NC(=O)OC)C4C[C@@H](C)O[C@H](C)C4)[nH]3)ccc2-5)N(C(=O)[C@@H](NC(=O)OC)C2C[C@@H](C)O[C@H](C)C2)C1. The molecule has 0 saturated carbocycles. The number of nitrogens with one attached hydrogen (secondary N) is 3. The smallest absolute Gasteiger partial charge is 0.407 e. The molecule has 1 unspecified atom stereocenters. The Morgan fingerprint density at radius 3 is 2.10 bits per heavy atom. The lowest BCUT2D eigenvalue weighted by Gasteiger charge is -2.39. The number of likely N-dealkylation sites (tertiary alicyclic amines) is 2. The third-order valence-corrected chi connectivity index (χ3v) is 16.1. The van der Waals surface area contributed by atoms with Crippen molar-refractivity contribution in [2.24, 2.45) is 22.7 Å². The van der Waals surface area contributed by atoms with Crippen LogP contribution in [-0.4, -0.2) is 133 Å². The molecule has 0 bridgehead atoms. The fourth-order valence-corrected chi connectivity index (χ4v) is 12.9. The first-order valence-corrected chi connectivity index (χ1v) is 25.8. The van der Waals surface area contributed by atoms with Gasteiger partial charge in [0.05, 0.1) is 74.9 Å². The Kier molecular flexibility index (Phi) is 14.1. The van der Waals surface area contributed by atoms with Gasteiger partial charge in [-0.2, -0.15) is 0 Å². The Morgan fingerprint density at radius 2 is 1.44 bits per heavy atom. The second-order valence-electron chi connectivity index (χ2n) is 21.2. The van der Waals surface area contributed by atoms with E-state index in [-0.39, 0.29) is 72.1 Å². The number of carbonyl (C=O) groups excluding carboxylic acids is 4. The molecule has 0 aliphatic carbocycles. The fourth-order valence-electron chi connectivity index (χ4n) is 12.9.